The van der Waals surface area contributed by atoms with Crippen LogP contribution in [0.2, 0.25) is 0 Å². The molecule has 52 valence electrons. The Morgan fingerprint density at radius 1 is 1.67 bits per heavy atom. The van der Waals surface area contributed by atoms with Crippen molar-refractivity contribution in [1.82, 2.24) is 0 Å². The first kappa shape index (κ1) is 6.75. The van der Waals surface area contributed by atoms with E-state index in [2.05, 4.69) is 18.8 Å². The highest BCUT2D eigenvalue weighted by Gasteiger charge is 2.26. The zero-order valence-corrected chi connectivity index (χ0v) is 6.09. The summed E-state index contributed by atoms with van der Waals surface area (Å²) >= 11 is 0. The van der Waals surface area contributed by atoms with Gasteiger partial charge in [0, 0.05) is 11.6 Å². The average Bonchev–Trinajstić information content (AvgIpc) is 1.77. The van der Waals surface area contributed by atoms with Gasteiger partial charge in [-0.15, -0.1) is 0 Å². The van der Waals surface area contributed by atoms with Gasteiger partial charge < -0.3 is 5.73 Å². The molecule has 2 nitrogen and oxygen atoms in total. The van der Waals surface area contributed by atoms with Crippen molar-refractivity contribution in [3.63, 3.8) is 0 Å². The second-order valence-corrected chi connectivity index (χ2v) is 3.30. The molecule has 1 aliphatic rings. The Hall–Kier alpha value is -0.370. The van der Waals surface area contributed by atoms with Gasteiger partial charge in [0.25, 0.3) is 0 Å². The van der Waals surface area contributed by atoms with Crippen LogP contribution in [0.25, 0.3) is 0 Å². The Bertz CT molecular complexity index is 127. The van der Waals surface area contributed by atoms with Gasteiger partial charge in [-0.25, -0.2) is 0 Å². The van der Waals surface area contributed by atoms with Crippen LogP contribution in [-0.2, 0) is 0 Å². The molecule has 0 aromatic carbocycles. The van der Waals surface area contributed by atoms with Crippen LogP contribution < -0.4 is 5.73 Å². The lowest BCUT2D eigenvalue weighted by molar-refractivity contribution is 0.264. The Morgan fingerprint density at radius 3 is 2.67 bits per heavy atom. The third-order valence-corrected chi connectivity index (χ3v) is 1.98. The van der Waals surface area contributed by atoms with Gasteiger partial charge in [-0.3, -0.25) is 4.99 Å². The summed E-state index contributed by atoms with van der Waals surface area (Å²) in [5, 5.41) is 0. The molecule has 1 atom stereocenters. The zero-order valence-electron chi connectivity index (χ0n) is 6.09. The summed E-state index contributed by atoms with van der Waals surface area (Å²) in [6, 6.07) is 0. The average molecular weight is 126 g/mol. The van der Waals surface area contributed by atoms with Gasteiger partial charge in [0.1, 0.15) is 6.17 Å². The summed E-state index contributed by atoms with van der Waals surface area (Å²) in [5.74, 6) is 0. The van der Waals surface area contributed by atoms with Crippen molar-refractivity contribution in [1.29, 1.82) is 0 Å². The molecule has 0 fully saturated rings. The molecule has 0 radical (unpaired) electrons. The number of rotatable bonds is 0. The maximum atomic E-state index is 5.71. The summed E-state index contributed by atoms with van der Waals surface area (Å²) in [6.07, 6.45) is 4.19. The van der Waals surface area contributed by atoms with E-state index in [1.54, 1.807) is 0 Å². The first-order valence-electron chi connectivity index (χ1n) is 3.40. The van der Waals surface area contributed by atoms with E-state index < -0.39 is 0 Å². The van der Waals surface area contributed by atoms with E-state index in [9.17, 15) is 0 Å². The van der Waals surface area contributed by atoms with Crippen molar-refractivity contribution in [2.24, 2.45) is 16.1 Å². The van der Waals surface area contributed by atoms with Crippen LogP contribution in [0.4, 0.5) is 0 Å². The van der Waals surface area contributed by atoms with Crippen LogP contribution in [0.1, 0.15) is 26.7 Å². The zero-order chi connectivity index (χ0) is 6.91. The minimum Gasteiger partial charge on any atom is -0.309 e. The third-order valence-electron chi connectivity index (χ3n) is 1.98. The lowest BCUT2D eigenvalue weighted by Gasteiger charge is -2.31. The number of aliphatic imine (C=N–C) groups is 1. The molecule has 1 aliphatic heterocycles. The molecule has 1 unspecified atom stereocenters. The van der Waals surface area contributed by atoms with Crippen LogP contribution in [0.5, 0.6) is 0 Å². The molecule has 0 aromatic heterocycles. The highest BCUT2D eigenvalue weighted by molar-refractivity contribution is 5.58. The van der Waals surface area contributed by atoms with Crippen LogP contribution in [0.15, 0.2) is 4.99 Å². The molecule has 0 saturated carbocycles. The fourth-order valence-corrected chi connectivity index (χ4v) is 0.974. The second-order valence-electron chi connectivity index (χ2n) is 3.30. The molecule has 1 rings (SSSR count). The quantitative estimate of drug-likeness (QED) is 0.519. The topological polar surface area (TPSA) is 38.4 Å². The van der Waals surface area contributed by atoms with Crippen molar-refractivity contribution < 1.29 is 0 Å². The van der Waals surface area contributed by atoms with Crippen LogP contribution in [-0.4, -0.2) is 12.4 Å². The van der Waals surface area contributed by atoms with E-state index in [1.165, 1.54) is 0 Å². The van der Waals surface area contributed by atoms with Gasteiger partial charge in [-0.05, 0) is 12.8 Å². The number of hydrogen-bond acceptors (Lipinski definition) is 2. The molecular formula is C7H14N2. The van der Waals surface area contributed by atoms with Gasteiger partial charge in [-0.2, -0.15) is 0 Å². The lowest BCUT2D eigenvalue weighted by atomic mass is 9.83. The summed E-state index contributed by atoms with van der Waals surface area (Å²) < 4.78 is 0. The summed E-state index contributed by atoms with van der Waals surface area (Å²) in [6.45, 7) is 4.32. The molecule has 2 N–H and O–H groups in total. The molecule has 0 spiro atoms. The third kappa shape index (κ3) is 1.30. The monoisotopic (exact) mass is 126 g/mol. The molecule has 0 bridgehead atoms. The van der Waals surface area contributed by atoms with Crippen LogP contribution >= 0.6 is 0 Å². The Morgan fingerprint density at radius 2 is 2.33 bits per heavy atom. The standard InChI is InChI=1S/C7H14N2/c1-7(2)4-3-5-9-6(7)8/h5-6H,3-4,8H2,1-2H3. The van der Waals surface area contributed by atoms with Crippen molar-refractivity contribution in [3.8, 4) is 0 Å². The van der Waals surface area contributed by atoms with Crippen molar-refractivity contribution in [3.05, 3.63) is 0 Å². The van der Waals surface area contributed by atoms with Gasteiger partial charge in [-0.1, -0.05) is 13.8 Å². The van der Waals surface area contributed by atoms with E-state index >= 15 is 0 Å². The normalized spacial score (nSPS) is 32.6. The van der Waals surface area contributed by atoms with Crippen molar-refractivity contribution >= 4 is 6.21 Å². The predicted molar refractivity (Wildman–Crippen MR) is 39.5 cm³/mol. The van der Waals surface area contributed by atoms with Gasteiger partial charge >= 0.3 is 0 Å². The van der Waals surface area contributed by atoms with Crippen molar-refractivity contribution in [2.45, 2.75) is 32.9 Å². The van der Waals surface area contributed by atoms with Crippen LogP contribution in [0, 0.1) is 5.41 Å². The first-order valence-corrected chi connectivity index (χ1v) is 3.40. The van der Waals surface area contributed by atoms with E-state index in [-0.39, 0.29) is 11.6 Å². The van der Waals surface area contributed by atoms with Gasteiger partial charge in [0.05, 0.1) is 0 Å². The molecule has 0 aromatic rings. The molecule has 0 amide bonds. The predicted octanol–water partition coefficient (Wildman–Crippen LogP) is 1.16. The van der Waals surface area contributed by atoms with E-state index in [1.807, 2.05) is 6.21 Å². The first-order chi connectivity index (χ1) is 4.13. The van der Waals surface area contributed by atoms with Gasteiger partial charge in [0.2, 0.25) is 0 Å². The molecular weight excluding hydrogens is 112 g/mol. The van der Waals surface area contributed by atoms with E-state index in [0.29, 0.717) is 0 Å². The maximum Gasteiger partial charge on any atom is 0.102 e. The number of nitrogens with zero attached hydrogens (tertiary/aromatic N) is 1. The molecule has 1 heterocycles. The minimum atomic E-state index is 0.0197. The molecule has 0 saturated heterocycles. The highest BCUT2D eigenvalue weighted by atomic mass is 15.0. The number of nitrogens with two attached hydrogens (primary N) is 1. The SMILES string of the molecule is CC1(C)CCC=NC1N. The summed E-state index contributed by atoms with van der Waals surface area (Å²) in [7, 11) is 0. The van der Waals surface area contributed by atoms with E-state index in [4.69, 9.17) is 5.73 Å². The summed E-state index contributed by atoms with van der Waals surface area (Å²) in [5.41, 5.74) is 5.93. The smallest absolute Gasteiger partial charge is 0.102 e. The molecule has 2 heteroatoms. The Balaban J connectivity index is 2.66. The minimum absolute atomic E-state index is 0.0197. The second kappa shape index (κ2) is 2.10. The van der Waals surface area contributed by atoms with Crippen molar-refractivity contribution in [2.75, 3.05) is 0 Å². The number of hydrogen-bond donors (Lipinski definition) is 1. The van der Waals surface area contributed by atoms with Crippen LogP contribution in [0.3, 0.4) is 0 Å². The molecule has 0 aliphatic carbocycles. The van der Waals surface area contributed by atoms with E-state index in [0.717, 1.165) is 12.8 Å². The Labute approximate surface area is 56.2 Å². The fourth-order valence-electron chi connectivity index (χ4n) is 0.974. The Kier molecular flexibility index (Phi) is 1.58. The highest BCUT2D eigenvalue weighted by Crippen LogP contribution is 2.28. The fraction of sp³-hybridized carbons (Fsp3) is 0.857. The lowest BCUT2D eigenvalue weighted by Crippen LogP contribution is -2.37. The largest absolute Gasteiger partial charge is 0.309 e. The maximum absolute atomic E-state index is 5.71. The summed E-state index contributed by atoms with van der Waals surface area (Å²) in [4.78, 5) is 4.14. The molecule has 9 heavy (non-hydrogen) atoms. The van der Waals surface area contributed by atoms with Gasteiger partial charge in [0.15, 0.2) is 0 Å².